The third kappa shape index (κ3) is 7.39. The number of likely N-dealkylation sites (tertiary alicyclic amines) is 1. The molecule has 0 aromatic heterocycles. The largest absolute Gasteiger partial charge is 0.497 e. The van der Waals surface area contributed by atoms with E-state index in [2.05, 4.69) is 4.90 Å². The van der Waals surface area contributed by atoms with Crippen molar-refractivity contribution in [1.82, 2.24) is 9.80 Å². The number of amides is 1. The highest BCUT2D eigenvalue weighted by molar-refractivity contribution is 5.89. The Kier molecular flexibility index (Phi) is 9.11. The SMILES string of the molecule is COC(=O)c1cccc(CC2(CN(C(=O)C(F)(F)F)[C@@H]3C[C@H]3c3ccccc3)CCN(Cc3cccc(OC)c3)CC2)c1. The summed E-state index contributed by atoms with van der Waals surface area (Å²) in [6.45, 7) is 2.01. The standard InChI is InChI=1S/C34H37F3N2O4/c1-42-28-13-7-9-25(19-28)22-38-16-14-33(15-17-38,21-24-8-6-12-27(18-24)31(40)43-2)23-39(32(41)34(35,36)37)30-20-29(30)26-10-4-3-5-11-26/h3-13,18-19,29-30H,14-17,20-23H2,1-2H3/t29-,30+/m0/s1. The monoisotopic (exact) mass is 594 g/mol. The molecule has 1 heterocycles. The fourth-order valence-electron chi connectivity index (χ4n) is 6.41. The number of hydrogen-bond donors (Lipinski definition) is 0. The number of ether oxygens (including phenoxy) is 2. The van der Waals surface area contributed by atoms with Crippen molar-refractivity contribution in [2.24, 2.45) is 5.41 Å². The van der Waals surface area contributed by atoms with Crippen molar-refractivity contribution in [1.29, 1.82) is 0 Å². The summed E-state index contributed by atoms with van der Waals surface area (Å²) < 4.78 is 52.3. The maximum atomic E-state index is 14.0. The minimum absolute atomic E-state index is 0.00516. The van der Waals surface area contributed by atoms with Crippen molar-refractivity contribution >= 4 is 11.9 Å². The van der Waals surface area contributed by atoms with Crippen molar-refractivity contribution in [2.45, 2.75) is 50.4 Å². The predicted molar refractivity (Wildman–Crippen MR) is 157 cm³/mol. The van der Waals surface area contributed by atoms with E-state index >= 15 is 0 Å². The molecule has 1 saturated carbocycles. The van der Waals surface area contributed by atoms with Gasteiger partial charge in [0, 0.05) is 25.0 Å². The summed E-state index contributed by atoms with van der Waals surface area (Å²) in [5, 5.41) is 0. The summed E-state index contributed by atoms with van der Waals surface area (Å²) >= 11 is 0. The summed E-state index contributed by atoms with van der Waals surface area (Å²) in [6, 6.07) is 23.8. The van der Waals surface area contributed by atoms with Crippen LogP contribution in [-0.2, 0) is 22.5 Å². The number of rotatable bonds is 10. The van der Waals surface area contributed by atoms with Crippen LogP contribution in [0.25, 0.3) is 0 Å². The van der Waals surface area contributed by atoms with Crippen LogP contribution in [0.2, 0.25) is 0 Å². The van der Waals surface area contributed by atoms with E-state index in [9.17, 15) is 22.8 Å². The number of nitrogens with zero attached hydrogens (tertiary/aromatic N) is 2. The molecule has 6 nitrogen and oxygen atoms in total. The predicted octanol–water partition coefficient (Wildman–Crippen LogP) is 6.25. The number of carbonyl (C=O) groups excluding carboxylic acids is 2. The Balaban J connectivity index is 1.41. The van der Waals surface area contributed by atoms with Gasteiger partial charge in [0.1, 0.15) is 5.75 Å². The van der Waals surface area contributed by atoms with Crippen molar-refractivity contribution in [2.75, 3.05) is 33.9 Å². The number of piperidine rings is 1. The van der Waals surface area contributed by atoms with Crippen LogP contribution in [-0.4, -0.2) is 67.7 Å². The Morgan fingerprint density at radius 3 is 2.30 bits per heavy atom. The van der Waals surface area contributed by atoms with Crippen molar-refractivity contribution in [3.63, 3.8) is 0 Å². The van der Waals surface area contributed by atoms with E-state index in [-0.39, 0.29) is 12.5 Å². The molecule has 3 aromatic carbocycles. The van der Waals surface area contributed by atoms with Gasteiger partial charge >= 0.3 is 18.1 Å². The van der Waals surface area contributed by atoms with Crippen LogP contribution < -0.4 is 4.74 Å². The van der Waals surface area contributed by atoms with Crippen LogP contribution in [0.3, 0.4) is 0 Å². The van der Waals surface area contributed by atoms with Gasteiger partial charge in [0.15, 0.2) is 0 Å². The molecule has 5 rings (SSSR count). The molecule has 2 fully saturated rings. The Labute approximate surface area is 250 Å². The molecule has 0 bridgehead atoms. The van der Waals surface area contributed by atoms with Gasteiger partial charge in [-0.05, 0) is 85.1 Å². The van der Waals surface area contributed by atoms with Gasteiger partial charge in [-0.15, -0.1) is 0 Å². The first kappa shape index (κ1) is 30.6. The summed E-state index contributed by atoms with van der Waals surface area (Å²) in [5.41, 5.74) is 2.65. The zero-order valence-corrected chi connectivity index (χ0v) is 24.5. The second-order valence-corrected chi connectivity index (χ2v) is 11.7. The second kappa shape index (κ2) is 12.8. The minimum Gasteiger partial charge on any atom is -0.497 e. The van der Waals surface area contributed by atoms with Gasteiger partial charge in [-0.3, -0.25) is 9.69 Å². The molecule has 43 heavy (non-hydrogen) atoms. The number of alkyl halides is 3. The molecular weight excluding hydrogens is 557 g/mol. The highest BCUT2D eigenvalue weighted by atomic mass is 19.4. The lowest BCUT2D eigenvalue weighted by Gasteiger charge is -2.45. The lowest BCUT2D eigenvalue weighted by Crippen LogP contribution is -2.52. The highest BCUT2D eigenvalue weighted by Crippen LogP contribution is 2.48. The Morgan fingerprint density at radius 2 is 1.63 bits per heavy atom. The van der Waals surface area contributed by atoms with Gasteiger partial charge in [0.25, 0.3) is 0 Å². The van der Waals surface area contributed by atoms with Crippen LogP contribution in [0.4, 0.5) is 13.2 Å². The van der Waals surface area contributed by atoms with Gasteiger partial charge in [0.05, 0.1) is 19.8 Å². The van der Waals surface area contributed by atoms with E-state index < -0.39 is 29.5 Å². The summed E-state index contributed by atoms with van der Waals surface area (Å²) in [4.78, 5) is 28.6. The van der Waals surface area contributed by atoms with Gasteiger partial charge < -0.3 is 14.4 Å². The first-order valence-corrected chi connectivity index (χ1v) is 14.6. The lowest BCUT2D eigenvalue weighted by atomic mass is 9.73. The number of halogens is 3. The van der Waals surface area contributed by atoms with Crippen molar-refractivity contribution in [3.8, 4) is 5.75 Å². The minimum atomic E-state index is -4.97. The number of benzene rings is 3. The highest BCUT2D eigenvalue weighted by Gasteiger charge is 2.54. The number of carbonyl (C=O) groups is 2. The van der Waals surface area contributed by atoms with Crippen LogP contribution in [0.15, 0.2) is 78.9 Å². The zero-order chi connectivity index (χ0) is 30.6. The molecule has 1 amide bonds. The van der Waals surface area contributed by atoms with Crippen LogP contribution in [0, 0.1) is 5.41 Å². The van der Waals surface area contributed by atoms with Gasteiger partial charge in [-0.1, -0.05) is 54.6 Å². The quantitative estimate of drug-likeness (QED) is 0.260. The molecule has 2 aliphatic rings. The number of hydrogen-bond acceptors (Lipinski definition) is 5. The van der Waals surface area contributed by atoms with E-state index in [4.69, 9.17) is 9.47 Å². The van der Waals surface area contributed by atoms with E-state index in [1.807, 2.05) is 60.7 Å². The van der Waals surface area contributed by atoms with E-state index in [1.165, 1.54) is 7.11 Å². The Morgan fingerprint density at radius 1 is 0.930 bits per heavy atom. The maximum absolute atomic E-state index is 14.0. The lowest BCUT2D eigenvalue weighted by molar-refractivity contribution is -0.188. The molecule has 1 aliphatic carbocycles. The number of esters is 1. The van der Waals surface area contributed by atoms with Crippen molar-refractivity contribution < 1.29 is 32.2 Å². The maximum Gasteiger partial charge on any atom is 0.471 e. The zero-order valence-electron chi connectivity index (χ0n) is 24.5. The second-order valence-electron chi connectivity index (χ2n) is 11.7. The van der Waals surface area contributed by atoms with E-state index in [0.717, 1.165) is 27.3 Å². The van der Waals surface area contributed by atoms with Gasteiger partial charge in [-0.2, -0.15) is 13.2 Å². The van der Waals surface area contributed by atoms with Crippen LogP contribution >= 0.6 is 0 Å². The molecule has 3 aromatic rings. The third-order valence-corrected chi connectivity index (χ3v) is 8.78. The van der Waals surface area contributed by atoms with Gasteiger partial charge in [0.2, 0.25) is 0 Å². The van der Waals surface area contributed by atoms with Crippen LogP contribution in [0.1, 0.15) is 52.2 Å². The molecule has 0 spiro atoms. The molecule has 228 valence electrons. The Bertz CT molecular complexity index is 1420. The van der Waals surface area contributed by atoms with Crippen molar-refractivity contribution in [3.05, 3.63) is 101 Å². The first-order valence-electron chi connectivity index (χ1n) is 14.6. The van der Waals surface area contributed by atoms with E-state index in [0.29, 0.717) is 50.9 Å². The molecular formula is C34H37F3N2O4. The smallest absolute Gasteiger partial charge is 0.471 e. The summed E-state index contributed by atoms with van der Waals surface area (Å²) in [6.07, 6.45) is -2.83. The fourth-order valence-corrected chi connectivity index (χ4v) is 6.41. The average Bonchev–Trinajstić information content (AvgIpc) is 3.81. The number of methoxy groups -OCH3 is 2. The molecule has 2 atom stereocenters. The molecule has 0 N–H and O–H groups in total. The molecule has 1 aliphatic heterocycles. The Hall–Kier alpha value is -3.85. The summed E-state index contributed by atoms with van der Waals surface area (Å²) in [7, 11) is 2.94. The third-order valence-electron chi connectivity index (χ3n) is 8.78. The average molecular weight is 595 g/mol. The molecule has 0 unspecified atom stereocenters. The molecule has 9 heteroatoms. The van der Waals surface area contributed by atoms with Gasteiger partial charge in [-0.25, -0.2) is 4.79 Å². The normalized spacial score (nSPS) is 19.8. The fraction of sp³-hybridized carbons (Fsp3) is 0.412. The van der Waals surface area contributed by atoms with E-state index in [1.54, 1.807) is 25.3 Å². The molecule has 0 radical (unpaired) electrons. The van der Waals surface area contributed by atoms with Crippen LogP contribution in [0.5, 0.6) is 5.75 Å². The molecule has 1 saturated heterocycles. The first-order chi connectivity index (χ1) is 20.6. The topological polar surface area (TPSA) is 59.1 Å². The summed E-state index contributed by atoms with van der Waals surface area (Å²) in [5.74, 6) is -1.60.